The van der Waals surface area contributed by atoms with Crippen LogP contribution in [0.15, 0.2) is 53.9 Å². The van der Waals surface area contributed by atoms with E-state index in [4.69, 9.17) is 38.4 Å². The number of para-hydroxylation sites is 1. The molecule has 0 amide bonds. The van der Waals surface area contributed by atoms with Gasteiger partial charge < -0.3 is 15.2 Å². The lowest BCUT2D eigenvalue weighted by Gasteiger charge is -2.25. The average molecular weight is 441 g/mol. The minimum atomic E-state index is -0.519. The zero-order chi connectivity index (χ0) is 21.3. The number of aromatic amines is 1. The van der Waals surface area contributed by atoms with Crippen molar-refractivity contribution in [2.24, 2.45) is 5.73 Å². The van der Waals surface area contributed by atoms with Crippen molar-refractivity contribution in [1.29, 1.82) is 5.26 Å². The van der Waals surface area contributed by atoms with Gasteiger partial charge in [-0.25, -0.2) is 0 Å². The largest absolute Gasteiger partial charge is 0.493 e. The van der Waals surface area contributed by atoms with Gasteiger partial charge in [-0.1, -0.05) is 54.4 Å². The Morgan fingerprint density at radius 2 is 2.03 bits per heavy atom. The van der Waals surface area contributed by atoms with Gasteiger partial charge in [-0.2, -0.15) is 5.26 Å². The number of halogens is 2. The summed E-state index contributed by atoms with van der Waals surface area (Å²) in [7, 11) is 0. The number of rotatable bonds is 5. The maximum atomic E-state index is 9.89. The van der Waals surface area contributed by atoms with Gasteiger partial charge in [0.2, 0.25) is 11.8 Å². The van der Waals surface area contributed by atoms with E-state index in [0.717, 1.165) is 17.5 Å². The van der Waals surface area contributed by atoms with E-state index < -0.39 is 5.92 Å². The summed E-state index contributed by atoms with van der Waals surface area (Å²) < 4.78 is 11.6. The van der Waals surface area contributed by atoms with Crippen LogP contribution in [-0.2, 0) is 0 Å². The molecular weight excluding hydrogens is 423 g/mol. The van der Waals surface area contributed by atoms with Gasteiger partial charge in [-0.3, -0.25) is 5.10 Å². The molecule has 152 valence electrons. The van der Waals surface area contributed by atoms with Gasteiger partial charge in [0.1, 0.15) is 17.4 Å². The number of nitrogens with zero attached hydrogens (tertiary/aromatic N) is 2. The molecule has 8 heteroatoms. The summed E-state index contributed by atoms with van der Waals surface area (Å²) in [5.41, 5.74) is 9.28. The number of hydrogen-bond donors (Lipinski definition) is 2. The Bertz CT molecular complexity index is 1180. The molecule has 1 unspecified atom stereocenters. The third-order valence-electron chi connectivity index (χ3n) is 4.84. The Labute approximate surface area is 183 Å². The number of aromatic nitrogens is 2. The second-order valence-electron chi connectivity index (χ2n) is 6.76. The van der Waals surface area contributed by atoms with Gasteiger partial charge in [0.25, 0.3) is 0 Å². The van der Waals surface area contributed by atoms with Gasteiger partial charge in [0.15, 0.2) is 0 Å². The third kappa shape index (κ3) is 3.47. The molecule has 1 atom stereocenters. The van der Waals surface area contributed by atoms with Crippen molar-refractivity contribution in [2.75, 3.05) is 6.61 Å². The molecule has 0 saturated carbocycles. The van der Waals surface area contributed by atoms with Crippen LogP contribution in [0.25, 0.3) is 11.3 Å². The molecule has 1 aliphatic rings. The number of H-pyrrole nitrogens is 1. The molecule has 6 nitrogen and oxygen atoms in total. The van der Waals surface area contributed by atoms with Gasteiger partial charge in [-0.05, 0) is 24.6 Å². The highest BCUT2D eigenvalue weighted by Crippen LogP contribution is 2.48. The molecule has 2 aromatic carbocycles. The van der Waals surface area contributed by atoms with Crippen LogP contribution in [0.3, 0.4) is 0 Å². The van der Waals surface area contributed by atoms with E-state index >= 15 is 0 Å². The van der Waals surface area contributed by atoms with Crippen LogP contribution in [-0.4, -0.2) is 16.8 Å². The van der Waals surface area contributed by atoms with E-state index in [-0.39, 0.29) is 11.5 Å². The highest BCUT2D eigenvalue weighted by atomic mass is 35.5. The van der Waals surface area contributed by atoms with Crippen LogP contribution in [0.4, 0.5) is 0 Å². The minimum Gasteiger partial charge on any atom is -0.493 e. The van der Waals surface area contributed by atoms with E-state index in [0.29, 0.717) is 39.5 Å². The molecule has 3 aromatic rings. The SMILES string of the molecule is CCCOc1ccccc1C1C(C#N)=C(N)Oc2n[nH]c(-c3ccc(Cl)c(Cl)c3)c21. The molecule has 4 rings (SSSR count). The first-order valence-corrected chi connectivity index (χ1v) is 10.1. The Morgan fingerprint density at radius 3 is 2.77 bits per heavy atom. The number of allylic oxidation sites excluding steroid dienone is 1. The van der Waals surface area contributed by atoms with Crippen LogP contribution in [0, 0.1) is 11.3 Å². The number of nitrogens with one attached hydrogen (secondary N) is 1. The van der Waals surface area contributed by atoms with E-state index in [9.17, 15) is 5.26 Å². The highest BCUT2D eigenvalue weighted by Gasteiger charge is 2.37. The monoisotopic (exact) mass is 440 g/mol. The normalized spacial score (nSPS) is 15.3. The van der Waals surface area contributed by atoms with Crippen LogP contribution in [0.5, 0.6) is 11.6 Å². The quantitative estimate of drug-likeness (QED) is 0.553. The third-order valence-corrected chi connectivity index (χ3v) is 5.58. The van der Waals surface area contributed by atoms with Crippen molar-refractivity contribution >= 4 is 23.2 Å². The number of nitrogens with two attached hydrogens (primary N) is 1. The van der Waals surface area contributed by atoms with Crippen molar-refractivity contribution in [1.82, 2.24) is 10.2 Å². The van der Waals surface area contributed by atoms with Crippen LogP contribution in [0.1, 0.15) is 30.4 Å². The number of nitriles is 1. The van der Waals surface area contributed by atoms with Crippen molar-refractivity contribution in [2.45, 2.75) is 19.3 Å². The summed E-state index contributed by atoms with van der Waals surface area (Å²) in [6.45, 7) is 2.59. The summed E-state index contributed by atoms with van der Waals surface area (Å²) in [5.74, 6) is 0.490. The summed E-state index contributed by atoms with van der Waals surface area (Å²) >= 11 is 12.3. The van der Waals surface area contributed by atoms with Crippen molar-refractivity contribution in [3.05, 3.63) is 75.1 Å². The summed E-state index contributed by atoms with van der Waals surface area (Å²) in [6, 6.07) is 15.1. The molecule has 0 saturated heterocycles. The molecule has 0 aliphatic carbocycles. The molecule has 2 heterocycles. The maximum absolute atomic E-state index is 9.89. The molecular formula is C22H18Cl2N4O2. The highest BCUT2D eigenvalue weighted by molar-refractivity contribution is 6.42. The van der Waals surface area contributed by atoms with Crippen LogP contribution in [0.2, 0.25) is 10.0 Å². The molecule has 0 radical (unpaired) electrons. The number of benzene rings is 2. The Morgan fingerprint density at radius 1 is 1.23 bits per heavy atom. The molecule has 0 fully saturated rings. The molecule has 30 heavy (non-hydrogen) atoms. The molecule has 1 aliphatic heterocycles. The Balaban J connectivity index is 1.93. The predicted octanol–water partition coefficient (Wildman–Crippen LogP) is 5.39. The van der Waals surface area contributed by atoms with Crippen LogP contribution >= 0.6 is 23.2 Å². The molecule has 0 bridgehead atoms. The van der Waals surface area contributed by atoms with Gasteiger partial charge in [-0.15, -0.1) is 5.10 Å². The van der Waals surface area contributed by atoms with Gasteiger partial charge >= 0.3 is 0 Å². The minimum absolute atomic E-state index is 0.0208. The van der Waals surface area contributed by atoms with Gasteiger partial charge in [0, 0.05) is 11.1 Å². The lowest BCUT2D eigenvalue weighted by Crippen LogP contribution is -2.21. The van der Waals surface area contributed by atoms with E-state index in [1.807, 2.05) is 37.3 Å². The van der Waals surface area contributed by atoms with Crippen molar-refractivity contribution < 1.29 is 9.47 Å². The zero-order valence-electron chi connectivity index (χ0n) is 16.1. The smallest absolute Gasteiger partial charge is 0.244 e. The second-order valence-corrected chi connectivity index (χ2v) is 7.57. The maximum Gasteiger partial charge on any atom is 0.244 e. The molecule has 3 N–H and O–H groups in total. The first-order chi connectivity index (χ1) is 14.5. The lowest BCUT2D eigenvalue weighted by molar-refractivity contribution is 0.312. The Hall–Kier alpha value is -3.14. The van der Waals surface area contributed by atoms with Crippen LogP contribution < -0.4 is 15.2 Å². The fourth-order valence-corrected chi connectivity index (χ4v) is 3.79. The van der Waals surface area contributed by atoms with E-state index in [2.05, 4.69) is 16.3 Å². The lowest BCUT2D eigenvalue weighted by atomic mass is 9.82. The van der Waals surface area contributed by atoms with Gasteiger partial charge in [0.05, 0.1) is 33.8 Å². The summed E-state index contributed by atoms with van der Waals surface area (Å²) in [4.78, 5) is 0. The van der Waals surface area contributed by atoms with Crippen molar-refractivity contribution in [3.63, 3.8) is 0 Å². The standard InChI is InChI=1S/C22H18Cl2N4O2/c1-2-9-29-17-6-4-3-5-13(17)18-14(11-25)21(26)30-22-19(18)20(27-28-22)12-7-8-15(23)16(24)10-12/h3-8,10,18H,2,9,26H2,1H3,(H,27,28). The fraction of sp³-hybridized carbons (Fsp3) is 0.182. The number of hydrogen-bond acceptors (Lipinski definition) is 5. The van der Waals surface area contributed by atoms with E-state index in [1.54, 1.807) is 12.1 Å². The average Bonchev–Trinajstić information content (AvgIpc) is 3.16. The topological polar surface area (TPSA) is 96.9 Å². The number of fused-ring (bicyclic) bond motifs is 1. The first-order valence-electron chi connectivity index (χ1n) is 9.38. The molecule has 1 aromatic heterocycles. The summed E-state index contributed by atoms with van der Waals surface area (Å²) in [6.07, 6.45) is 0.858. The molecule has 0 spiro atoms. The van der Waals surface area contributed by atoms with Crippen molar-refractivity contribution in [3.8, 4) is 29.0 Å². The first kappa shape index (κ1) is 20.1. The summed E-state index contributed by atoms with van der Waals surface area (Å²) in [5, 5.41) is 18.0. The Kier molecular flexibility index (Phi) is 5.58. The van der Waals surface area contributed by atoms with E-state index in [1.165, 1.54) is 0 Å². The second kappa shape index (κ2) is 8.31. The predicted molar refractivity (Wildman–Crippen MR) is 116 cm³/mol. The zero-order valence-corrected chi connectivity index (χ0v) is 17.6. The fourth-order valence-electron chi connectivity index (χ4n) is 3.49. The number of ether oxygens (including phenoxy) is 2.